The third-order valence-electron chi connectivity index (χ3n) is 4.57. The number of rotatable bonds is 6. The SMILES string of the molecule is COC(=O)C(C(=O)OC)C(Nc1nc2ccccc2s1)c1cc2ccccc2o1. The Kier molecular flexibility index (Phi) is 5.18. The van der Waals surface area contributed by atoms with E-state index < -0.39 is 23.9 Å². The summed E-state index contributed by atoms with van der Waals surface area (Å²) in [4.78, 5) is 29.5. The van der Waals surface area contributed by atoms with Gasteiger partial charge in [0, 0.05) is 5.39 Å². The molecule has 8 heteroatoms. The normalized spacial score (nSPS) is 12.2. The van der Waals surface area contributed by atoms with Crippen molar-refractivity contribution >= 4 is 49.6 Å². The molecule has 0 spiro atoms. The predicted octanol–water partition coefficient (Wildman–Crippen LogP) is 4.16. The highest BCUT2D eigenvalue weighted by atomic mass is 32.1. The van der Waals surface area contributed by atoms with Crippen molar-refractivity contribution in [3.8, 4) is 0 Å². The molecule has 0 bridgehead atoms. The molecule has 4 rings (SSSR count). The number of anilines is 1. The summed E-state index contributed by atoms with van der Waals surface area (Å²) in [5.41, 5.74) is 1.46. The highest BCUT2D eigenvalue weighted by Gasteiger charge is 2.40. The zero-order valence-electron chi connectivity index (χ0n) is 15.7. The van der Waals surface area contributed by atoms with Crippen LogP contribution in [0.4, 0.5) is 5.13 Å². The summed E-state index contributed by atoms with van der Waals surface area (Å²) in [7, 11) is 2.46. The highest BCUT2D eigenvalue weighted by molar-refractivity contribution is 7.22. The van der Waals surface area contributed by atoms with Gasteiger partial charge in [0.25, 0.3) is 0 Å². The lowest BCUT2D eigenvalue weighted by Crippen LogP contribution is -2.35. The average Bonchev–Trinajstić information content (AvgIpc) is 3.36. The molecular weight excluding hydrogens is 392 g/mol. The van der Waals surface area contributed by atoms with Gasteiger partial charge in [-0.3, -0.25) is 9.59 Å². The van der Waals surface area contributed by atoms with Crippen LogP contribution in [-0.2, 0) is 19.1 Å². The van der Waals surface area contributed by atoms with Crippen LogP contribution in [0, 0.1) is 5.92 Å². The second-order valence-electron chi connectivity index (χ2n) is 6.32. The summed E-state index contributed by atoms with van der Waals surface area (Å²) in [5, 5.41) is 4.59. The Hall–Kier alpha value is -3.39. The number of esters is 2. The monoisotopic (exact) mass is 410 g/mol. The van der Waals surface area contributed by atoms with Gasteiger partial charge in [-0.25, -0.2) is 4.98 Å². The van der Waals surface area contributed by atoms with Gasteiger partial charge in [0.05, 0.1) is 24.4 Å². The lowest BCUT2D eigenvalue weighted by Gasteiger charge is -2.22. The first kappa shape index (κ1) is 18.9. The second-order valence-corrected chi connectivity index (χ2v) is 7.35. The number of hydrogen-bond acceptors (Lipinski definition) is 8. The maximum Gasteiger partial charge on any atom is 0.322 e. The number of furan rings is 1. The van der Waals surface area contributed by atoms with Crippen molar-refractivity contribution in [1.29, 1.82) is 0 Å². The lowest BCUT2D eigenvalue weighted by atomic mass is 9.97. The molecule has 7 nitrogen and oxygen atoms in total. The molecule has 1 N–H and O–H groups in total. The number of hydrogen-bond donors (Lipinski definition) is 1. The predicted molar refractivity (Wildman–Crippen MR) is 110 cm³/mol. The fourth-order valence-electron chi connectivity index (χ4n) is 3.16. The Balaban J connectivity index is 1.80. The second kappa shape index (κ2) is 7.92. The van der Waals surface area contributed by atoms with E-state index in [-0.39, 0.29) is 0 Å². The van der Waals surface area contributed by atoms with Crippen molar-refractivity contribution in [3.63, 3.8) is 0 Å². The fourth-order valence-corrected chi connectivity index (χ4v) is 4.07. The van der Waals surface area contributed by atoms with E-state index in [0.29, 0.717) is 16.5 Å². The summed E-state index contributed by atoms with van der Waals surface area (Å²) in [6.45, 7) is 0. The molecular formula is C21H18N2O5S. The van der Waals surface area contributed by atoms with Crippen LogP contribution in [0.25, 0.3) is 21.2 Å². The maximum absolute atomic E-state index is 12.5. The van der Waals surface area contributed by atoms with Crippen molar-refractivity contribution in [2.75, 3.05) is 19.5 Å². The van der Waals surface area contributed by atoms with Crippen LogP contribution < -0.4 is 5.32 Å². The summed E-state index contributed by atoms with van der Waals surface area (Å²) < 4.78 is 16.7. The van der Waals surface area contributed by atoms with Crippen LogP contribution in [0.1, 0.15) is 11.8 Å². The summed E-state index contributed by atoms with van der Waals surface area (Å²) in [6, 6.07) is 16.0. The number of nitrogens with zero attached hydrogens (tertiary/aromatic N) is 1. The van der Waals surface area contributed by atoms with Crippen molar-refractivity contribution < 1.29 is 23.5 Å². The van der Waals surface area contributed by atoms with Crippen LogP contribution in [0.15, 0.2) is 59.0 Å². The Morgan fingerprint density at radius 2 is 1.72 bits per heavy atom. The largest absolute Gasteiger partial charge is 0.468 e. The first-order valence-electron chi connectivity index (χ1n) is 8.87. The van der Waals surface area contributed by atoms with Crippen LogP contribution in [0.2, 0.25) is 0 Å². The Morgan fingerprint density at radius 1 is 1.03 bits per heavy atom. The highest BCUT2D eigenvalue weighted by Crippen LogP contribution is 2.35. The summed E-state index contributed by atoms with van der Waals surface area (Å²) >= 11 is 1.42. The number of thiazole rings is 1. The number of aromatic nitrogens is 1. The van der Waals surface area contributed by atoms with Crippen molar-refractivity contribution in [2.24, 2.45) is 5.92 Å². The molecule has 148 valence electrons. The van der Waals surface area contributed by atoms with E-state index in [1.54, 1.807) is 6.07 Å². The number of benzene rings is 2. The number of methoxy groups -OCH3 is 2. The quantitative estimate of drug-likeness (QED) is 0.377. The van der Waals surface area contributed by atoms with Gasteiger partial charge in [0.2, 0.25) is 0 Å². The minimum Gasteiger partial charge on any atom is -0.468 e. The van der Waals surface area contributed by atoms with Gasteiger partial charge in [-0.15, -0.1) is 0 Å². The van der Waals surface area contributed by atoms with Gasteiger partial charge in [0.15, 0.2) is 11.0 Å². The first-order chi connectivity index (χ1) is 14.1. The van der Waals surface area contributed by atoms with E-state index in [9.17, 15) is 9.59 Å². The number of fused-ring (bicyclic) bond motifs is 2. The molecule has 2 heterocycles. The molecule has 0 radical (unpaired) electrons. The number of carbonyl (C=O) groups excluding carboxylic acids is 2. The summed E-state index contributed by atoms with van der Waals surface area (Å²) in [6.07, 6.45) is 0. The van der Waals surface area contributed by atoms with Gasteiger partial charge in [-0.1, -0.05) is 41.7 Å². The fraction of sp³-hybridized carbons (Fsp3) is 0.190. The van der Waals surface area contributed by atoms with Gasteiger partial charge in [0.1, 0.15) is 17.4 Å². The van der Waals surface area contributed by atoms with Gasteiger partial charge >= 0.3 is 11.9 Å². The molecule has 0 aliphatic carbocycles. The van der Waals surface area contributed by atoms with Crippen molar-refractivity contribution in [3.05, 3.63) is 60.4 Å². The van der Waals surface area contributed by atoms with E-state index in [4.69, 9.17) is 13.9 Å². The average molecular weight is 410 g/mol. The van der Waals surface area contributed by atoms with Crippen LogP contribution in [0.3, 0.4) is 0 Å². The van der Waals surface area contributed by atoms with E-state index in [2.05, 4.69) is 10.3 Å². The maximum atomic E-state index is 12.5. The van der Waals surface area contributed by atoms with E-state index in [0.717, 1.165) is 15.6 Å². The van der Waals surface area contributed by atoms with E-state index >= 15 is 0 Å². The molecule has 1 unspecified atom stereocenters. The van der Waals surface area contributed by atoms with E-state index in [1.807, 2.05) is 48.5 Å². The molecule has 0 aliphatic rings. The molecule has 4 aromatic rings. The summed E-state index contributed by atoms with van der Waals surface area (Å²) in [5.74, 6) is -2.31. The number of nitrogens with one attached hydrogen (secondary N) is 1. The van der Waals surface area contributed by atoms with E-state index in [1.165, 1.54) is 25.6 Å². The molecule has 1 atom stereocenters. The number of para-hydroxylation sites is 2. The van der Waals surface area contributed by atoms with Gasteiger partial charge < -0.3 is 19.2 Å². The van der Waals surface area contributed by atoms with Crippen LogP contribution in [-0.4, -0.2) is 31.1 Å². The molecule has 0 saturated carbocycles. The molecule has 0 amide bonds. The number of ether oxygens (including phenoxy) is 2. The minimum absolute atomic E-state index is 0.409. The molecule has 0 saturated heterocycles. The zero-order valence-corrected chi connectivity index (χ0v) is 16.6. The number of carbonyl (C=O) groups is 2. The molecule has 2 aromatic heterocycles. The Labute approximate surface area is 170 Å². The minimum atomic E-state index is -1.27. The van der Waals surface area contributed by atoms with Crippen molar-refractivity contribution in [2.45, 2.75) is 6.04 Å². The standard InChI is InChI=1S/C21H18N2O5S/c1-26-19(24)17(20(25)27-2)18(15-11-12-7-3-5-9-14(12)28-15)23-21-22-13-8-4-6-10-16(13)29-21/h3-11,17-18H,1-2H3,(H,22,23). The van der Waals surface area contributed by atoms with Crippen LogP contribution >= 0.6 is 11.3 Å². The first-order valence-corrected chi connectivity index (χ1v) is 9.68. The molecule has 0 aliphatic heterocycles. The van der Waals surface area contributed by atoms with Gasteiger partial charge in [-0.05, 0) is 24.3 Å². The lowest BCUT2D eigenvalue weighted by molar-refractivity contribution is -0.159. The Bertz CT molecular complexity index is 1100. The molecule has 0 fully saturated rings. The van der Waals surface area contributed by atoms with Crippen molar-refractivity contribution in [1.82, 2.24) is 4.98 Å². The van der Waals surface area contributed by atoms with Crippen LogP contribution in [0.5, 0.6) is 0 Å². The zero-order chi connectivity index (χ0) is 20.4. The Morgan fingerprint density at radius 3 is 2.41 bits per heavy atom. The topological polar surface area (TPSA) is 90.7 Å². The smallest absolute Gasteiger partial charge is 0.322 e. The molecule has 29 heavy (non-hydrogen) atoms. The molecule has 2 aromatic carbocycles. The third-order valence-corrected chi connectivity index (χ3v) is 5.54. The third kappa shape index (κ3) is 3.66. The van der Waals surface area contributed by atoms with Gasteiger partial charge in [-0.2, -0.15) is 0 Å².